The zero-order valence-corrected chi connectivity index (χ0v) is 7.55. The van der Waals surface area contributed by atoms with Gasteiger partial charge in [0.05, 0.1) is 0 Å². The van der Waals surface area contributed by atoms with Gasteiger partial charge in [0.25, 0.3) is 0 Å². The fraction of sp³-hybridized carbons (Fsp3) is 0.600. The molecule has 0 saturated carbocycles. The Bertz CT molecular complexity index is 170. The predicted octanol–water partition coefficient (Wildman–Crippen LogP) is 2.03. The lowest BCUT2D eigenvalue weighted by Crippen LogP contribution is -1.89. The monoisotopic (exact) mass is 166 g/mol. The van der Waals surface area contributed by atoms with Crippen molar-refractivity contribution in [1.82, 2.24) is 0 Å². The summed E-state index contributed by atoms with van der Waals surface area (Å²) in [4.78, 5) is 0. The molecule has 4 N–H and O–H groups in total. The standard InChI is InChI=1S/2C5H9N/c2*6-5-3-1-2-4-5/h2*3H,1-2,4,6H2. The number of allylic oxidation sites excluding steroid dienone is 4. The van der Waals surface area contributed by atoms with Crippen molar-refractivity contribution in [3.8, 4) is 0 Å². The zero-order chi connectivity index (χ0) is 8.81. The molecule has 0 spiro atoms. The van der Waals surface area contributed by atoms with Crippen molar-refractivity contribution >= 4 is 0 Å². The molecule has 2 aliphatic carbocycles. The van der Waals surface area contributed by atoms with E-state index >= 15 is 0 Å². The Balaban J connectivity index is 0.000000120. The molecule has 0 heterocycles. The Labute approximate surface area is 74.3 Å². The molecule has 12 heavy (non-hydrogen) atoms. The molecule has 68 valence electrons. The molecule has 0 atom stereocenters. The highest BCUT2D eigenvalue weighted by Crippen LogP contribution is 2.11. The lowest BCUT2D eigenvalue weighted by Gasteiger charge is -1.81. The van der Waals surface area contributed by atoms with Gasteiger partial charge in [0.15, 0.2) is 0 Å². The maximum Gasteiger partial charge on any atom is 0.00400 e. The van der Waals surface area contributed by atoms with E-state index in [1.54, 1.807) is 0 Å². The summed E-state index contributed by atoms with van der Waals surface area (Å²) >= 11 is 0. The van der Waals surface area contributed by atoms with Crippen LogP contribution < -0.4 is 11.5 Å². The average molecular weight is 166 g/mol. The molecule has 0 amide bonds. The van der Waals surface area contributed by atoms with E-state index in [-0.39, 0.29) is 0 Å². The fourth-order valence-corrected chi connectivity index (χ4v) is 1.39. The summed E-state index contributed by atoms with van der Waals surface area (Å²) < 4.78 is 0. The molecule has 0 aromatic rings. The van der Waals surface area contributed by atoms with E-state index in [4.69, 9.17) is 11.5 Å². The van der Waals surface area contributed by atoms with Gasteiger partial charge in [-0.3, -0.25) is 0 Å². The number of rotatable bonds is 0. The van der Waals surface area contributed by atoms with Crippen LogP contribution in [-0.2, 0) is 0 Å². The first-order chi connectivity index (χ1) is 5.79. The molecule has 0 aromatic carbocycles. The number of hydrogen-bond acceptors (Lipinski definition) is 2. The second kappa shape index (κ2) is 4.86. The largest absolute Gasteiger partial charge is 0.402 e. The van der Waals surface area contributed by atoms with Crippen LogP contribution in [0.5, 0.6) is 0 Å². The Hall–Kier alpha value is -0.920. The topological polar surface area (TPSA) is 52.0 Å². The highest BCUT2D eigenvalue weighted by atomic mass is 14.6. The molecule has 2 aliphatic rings. The van der Waals surface area contributed by atoms with Gasteiger partial charge in [-0.05, 0) is 38.5 Å². The second-order valence-corrected chi connectivity index (χ2v) is 3.34. The van der Waals surface area contributed by atoms with Crippen LogP contribution in [0.15, 0.2) is 23.5 Å². The van der Waals surface area contributed by atoms with E-state index in [1.807, 2.05) is 0 Å². The van der Waals surface area contributed by atoms with Crippen LogP contribution in [0.2, 0.25) is 0 Å². The Morgan fingerprint density at radius 2 is 1.25 bits per heavy atom. The summed E-state index contributed by atoms with van der Waals surface area (Å²) in [5, 5.41) is 0. The normalized spacial score (nSPS) is 21.0. The van der Waals surface area contributed by atoms with Gasteiger partial charge in [0.1, 0.15) is 0 Å². The lowest BCUT2D eigenvalue weighted by molar-refractivity contribution is 0.900. The predicted molar refractivity (Wildman–Crippen MR) is 52.2 cm³/mol. The summed E-state index contributed by atoms with van der Waals surface area (Å²) in [6, 6.07) is 0. The van der Waals surface area contributed by atoms with E-state index < -0.39 is 0 Å². The molecule has 0 bridgehead atoms. The van der Waals surface area contributed by atoms with E-state index in [0.29, 0.717) is 0 Å². The smallest absolute Gasteiger partial charge is 0.00400 e. The first-order valence-electron chi connectivity index (χ1n) is 4.68. The van der Waals surface area contributed by atoms with Gasteiger partial charge in [0.2, 0.25) is 0 Å². The molecular weight excluding hydrogens is 148 g/mol. The van der Waals surface area contributed by atoms with E-state index in [1.165, 1.54) is 25.7 Å². The van der Waals surface area contributed by atoms with Gasteiger partial charge >= 0.3 is 0 Å². The maximum absolute atomic E-state index is 5.40. The van der Waals surface area contributed by atoms with E-state index in [2.05, 4.69) is 12.2 Å². The van der Waals surface area contributed by atoms with Gasteiger partial charge in [-0.2, -0.15) is 0 Å². The maximum atomic E-state index is 5.40. The summed E-state index contributed by atoms with van der Waals surface area (Å²) in [5.41, 5.74) is 12.9. The first-order valence-corrected chi connectivity index (χ1v) is 4.68. The molecule has 2 nitrogen and oxygen atoms in total. The van der Waals surface area contributed by atoms with Crippen LogP contribution in [0.3, 0.4) is 0 Å². The Morgan fingerprint density at radius 1 is 0.833 bits per heavy atom. The Kier molecular flexibility index (Phi) is 3.71. The van der Waals surface area contributed by atoms with Gasteiger partial charge in [-0.25, -0.2) is 0 Å². The molecule has 0 saturated heterocycles. The van der Waals surface area contributed by atoms with E-state index in [0.717, 1.165) is 24.2 Å². The van der Waals surface area contributed by atoms with Gasteiger partial charge in [0, 0.05) is 11.4 Å². The quantitative estimate of drug-likeness (QED) is 0.578. The Morgan fingerprint density at radius 3 is 1.33 bits per heavy atom. The summed E-state index contributed by atoms with van der Waals surface area (Å²) in [6.45, 7) is 0. The summed E-state index contributed by atoms with van der Waals surface area (Å²) in [6.07, 6.45) is 11.4. The minimum absolute atomic E-state index is 1.08. The van der Waals surface area contributed by atoms with Gasteiger partial charge in [-0.15, -0.1) is 0 Å². The van der Waals surface area contributed by atoms with Crippen LogP contribution in [0, 0.1) is 0 Å². The molecular formula is C10H18N2. The lowest BCUT2D eigenvalue weighted by atomic mass is 10.3. The third-order valence-corrected chi connectivity index (χ3v) is 2.15. The molecule has 0 radical (unpaired) electrons. The summed E-state index contributed by atoms with van der Waals surface area (Å²) in [7, 11) is 0. The van der Waals surface area contributed by atoms with Crippen LogP contribution >= 0.6 is 0 Å². The van der Waals surface area contributed by atoms with Crippen molar-refractivity contribution in [2.24, 2.45) is 11.5 Å². The van der Waals surface area contributed by atoms with Crippen molar-refractivity contribution in [2.45, 2.75) is 38.5 Å². The van der Waals surface area contributed by atoms with E-state index in [9.17, 15) is 0 Å². The third kappa shape index (κ3) is 3.46. The summed E-state index contributed by atoms with van der Waals surface area (Å²) in [5.74, 6) is 0. The molecule has 2 rings (SSSR count). The minimum atomic E-state index is 1.08. The van der Waals surface area contributed by atoms with Crippen LogP contribution in [0.25, 0.3) is 0 Å². The van der Waals surface area contributed by atoms with Gasteiger partial charge in [-0.1, -0.05) is 12.2 Å². The number of nitrogens with two attached hydrogens (primary N) is 2. The van der Waals surface area contributed by atoms with Crippen molar-refractivity contribution in [2.75, 3.05) is 0 Å². The molecule has 0 unspecified atom stereocenters. The number of hydrogen-bond donors (Lipinski definition) is 2. The van der Waals surface area contributed by atoms with Crippen molar-refractivity contribution in [3.63, 3.8) is 0 Å². The van der Waals surface area contributed by atoms with Crippen molar-refractivity contribution < 1.29 is 0 Å². The molecule has 0 aliphatic heterocycles. The van der Waals surface area contributed by atoms with Crippen molar-refractivity contribution in [1.29, 1.82) is 0 Å². The molecule has 0 aromatic heterocycles. The minimum Gasteiger partial charge on any atom is -0.402 e. The highest BCUT2D eigenvalue weighted by molar-refractivity contribution is 5.02. The van der Waals surface area contributed by atoms with Crippen molar-refractivity contribution in [3.05, 3.63) is 23.5 Å². The van der Waals surface area contributed by atoms with Gasteiger partial charge < -0.3 is 11.5 Å². The molecule has 0 fully saturated rings. The third-order valence-electron chi connectivity index (χ3n) is 2.15. The SMILES string of the molecule is NC1=CCCC1.NC1=CCCC1. The van der Waals surface area contributed by atoms with Crippen LogP contribution in [-0.4, -0.2) is 0 Å². The van der Waals surface area contributed by atoms with Crippen LogP contribution in [0.4, 0.5) is 0 Å². The zero-order valence-electron chi connectivity index (χ0n) is 7.55. The first kappa shape index (κ1) is 9.17. The second-order valence-electron chi connectivity index (χ2n) is 3.34. The highest BCUT2D eigenvalue weighted by Gasteiger charge is 1.96. The fourth-order valence-electron chi connectivity index (χ4n) is 1.39. The average Bonchev–Trinajstić information content (AvgIpc) is 2.63. The molecule has 2 heteroatoms. The van der Waals surface area contributed by atoms with Crippen LogP contribution in [0.1, 0.15) is 38.5 Å².